The zero-order valence-corrected chi connectivity index (χ0v) is 16.1. The van der Waals surface area contributed by atoms with Crippen molar-refractivity contribution in [1.29, 1.82) is 5.26 Å². The van der Waals surface area contributed by atoms with Crippen molar-refractivity contribution < 1.29 is 23.0 Å². The largest absolute Gasteiger partial charge is 0.492 e. The van der Waals surface area contributed by atoms with E-state index in [9.17, 15) is 18.8 Å². The van der Waals surface area contributed by atoms with E-state index < -0.39 is 12.5 Å². The minimum absolute atomic E-state index is 0.126. The minimum Gasteiger partial charge on any atom is -0.492 e. The zero-order valence-electron chi connectivity index (χ0n) is 16.1. The normalized spacial score (nSPS) is 11.2. The molecule has 0 saturated heterocycles. The van der Waals surface area contributed by atoms with Crippen LogP contribution in [0.3, 0.4) is 0 Å². The summed E-state index contributed by atoms with van der Waals surface area (Å²) in [6.45, 7) is -0.835. The van der Waals surface area contributed by atoms with E-state index >= 15 is 0 Å². The highest BCUT2D eigenvalue weighted by molar-refractivity contribution is 6.11. The van der Waals surface area contributed by atoms with Crippen LogP contribution in [-0.2, 0) is 4.79 Å². The molecule has 0 saturated carbocycles. The third-order valence-corrected chi connectivity index (χ3v) is 4.24. The molecule has 0 atom stereocenters. The molecule has 1 amide bonds. The van der Waals surface area contributed by atoms with Gasteiger partial charge in [-0.3, -0.25) is 4.79 Å². The minimum atomic E-state index is -3.05. The molecule has 0 spiro atoms. The molecular weight excluding hydrogens is 390 g/mol. The SMILES string of the molecule is CCOc1ccccc1NC(=O)/C(C#N)=C/c1c(OC(F)F)ccc2ccccc12. The van der Waals surface area contributed by atoms with E-state index in [1.54, 1.807) is 54.6 Å². The first-order chi connectivity index (χ1) is 14.5. The second-order valence-electron chi connectivity index (χ2n) is 6.13. The zero-order chi connectivity index (χ0) is 21.5. The first-order valence-corrected chi connectivity index (χ1v) is 9.15. The molecule has 0 aliphatic carbocycles. The average Bonchev–Trinajstić information content (AvgIpc) is 2.74. The van der Waals surface area contributed by atoms with Crippen LogP contribution in [0.15, 0.2) is 66.2 Å². The van der Waals surface area contributed by atoms with Gasteiger partial charge in [-0.2, -0.15) is 14.0 Å². The number of nitriles is 1. The highest BCUT2D eigenvalue weighted by Gasteiger charge is 2.16. The van der Waals surface area contributed by atoms with E-state index in [1.165, 1.54) is 12.1 Å². The van der Waals surface area contributed by atoms with Crippen LogP contribution in [0.25, 0.3) is 16.8 Å². The molecule has 0 unspecified atom stereocenters. The third-order valence-electron chi connectivity index (χ3n) is 4.24. The standard InChI is InChI=1S/C23H18F2N2O3/c1-2-29-21-10-6-5-9-19(21)27-22(28)16(14-26)13-18-17-8-4-3-7-15(17)11-12-20(18)30-23(24)25/h3-13,23H,2H2,1H3,(H,27,28)/b16-13+. The number of nitrogens with zero attached hydrogens (tertiary/aromatic N) is 1. The second-order valence-corrected chi connectivity index (χ2v) is 6.13. The van der Waals surface area contributed by atoms with Gasteiger partial charge in [-0.05, 0) is 42.0 Å². The van der Waals surface area contributed by atoms with Crippen LogP contribution in [-0.4, -0.2) is 19.1 Å². The Morgan fingerprint density at radius 3 is 2.57 bits per heavy atom. The molecule has 3 rings (SSSR count). The van der Waals surface area contributed by atoms with Crippen LogP contribution in [0.4, 0.5) is 14.5 Å². The van der Waals surface area contributed by atoms with Gasteiger partial charge in [-0.15, -0.1) is 0 Å². The van der Waals surface area contributed by atoms with E-state index in [0.717, 1.165) is 5.39 Å². The number of amides is 1. The summed E-state index contributed by atoms with van der Waals surface area (Å²) >= 11 is 0. The topological polar surface area (TPSA) is 71.3 Å². The number of hydrogen-bond donors (Lipinski definition) is 1. The molecule has 0 aliphatic heterocycles. The van der Waals surface area contributed by atoms with Gasteiger partial charge in [0.05, 0.1) is 12.3 Å². The molecule has 0 aliphatic rings. The number of ether oxygens (including phenoxy) is 2. The number of fused-ring (bicyclic) bond motifs is 1. The van der Waals surface area contributed by atoms with Gasteiger partial charge in [0.15, 0.2) is 0 Å². The maximum absolute atomic E-state index is 12.9. The summed E-state index contributed by atoms with van der Waals surface area (Å²) in [6.07, 6.45) is 1.25. The number of benzene rings is 3. The number of alkyl halides is 2. The predicted molar refractivity (Wildman–Crippen MR) is 110 cm³/mol. The van der Waals surface area contributed by atoms with Crippen molar-refractivity contribution in [1.82, 2.24) is 0 Å². The Kier molecular flexibility index (Phi) is 6.60. The summed E-state index contributed by atoms with van der Waals surface area (Å²) < 4.78 is 35.8. The molecular formula is C23H18F2N2O3. The van der Waals surface area contributed by atoms with Crippen molar-refractivity contribution in [3.05, 3.63) is 71.8 Å². The van der Waals surface area contributed by atoms with Gasteiger partial charge in [-0.1, -0.05) is 42.5 Å². The van der Waals surface area contributed by atoms with Crippen LogP contribution in [0.5, 0.6) is 11.5 Å². The Labute approximate surface area is 172 Å². The van der Waals surface area contributed by atoms with Crippen molar-refractivity contribution in [3.8, 4) is 17.6 Å². The highest BCUT2D eigenvalue weighted by atomic mass is 19.3. The third kappa shape index (κ3) is 4.73. The van der Waals surface area contributed by atoms with Crippen LogP contribution >= 0.6 is 0 Å². The summed E-state index contributed by atoms with van der Waals surface area (Å²) in [7, 11) is 0. The molecule has 0 radical (unpaired) electrons. The van der Waals surface area contributed by atoms with Gasteiger partial charge >= 0.3 is 6.61 Å². The van der Waals surface area contributed by atoms with Crippen LogP contribution in [0, 0.1) is 11.3 Å². The monoisotopic (exact) mass is 408 g/mol. The Hall–Kier alpha value is -3.92. The lowest BCUT2D eigenvalue weighted by Crippen LogP contribution is -2.14. The lowest BCUT2D eigenvalue weighted by Gasteiger charge is -2.13. The lowest BCUT2D eigenvalue weighted by atomic mass is 10.0. The number of anilines is 1. The van der Waals surface area contributed by atoms with E-state index in [-0.39, 0.29) is 16.9 Å². The van der Waals surface area contributed by atoms with Crippen LogP contribution < -0.4 is 14.8 Å². The number of para-hydroxylation sites is 2. The molecule has 1 N–H and O–H groups in total. The van der Waals surface area contributed by atoms with Gasteiger partial charge in [0.25, 0.3) is 5.91 Å². The fourth-order valence-corrected chi connectivity index (χ4v) is 2.96. The van der Waals surface area contributed by atoms with Crippen molar-refractivity contribution in [3.63, 3.8) is 0 Å². The Bertz CT molecular complexity index is 1140. The van der Waals surface area contributed by atoms with Crippen LogP contribution in [0.2, 0.25) is 0 Å². The Morgan fingerprint density at radius 2 is 1.83 bits per heavy atom. The quantitative estimate of drug-likeness (QED) is 0.421. The van der Waals surface area contributed by atoms with Gasteiger partial charge < -0.3 is 14.8 Å². The fourth-order valence-electron chi connectivity index (χ4n) is 2.96. The van der Waals surface area contributed by atoms with Gasteiger partial charge in [0.2, 0.25) is 0 Å². The Balaban J connectivity index is 2.03. The smallest absolute Gasteiger partial charge is 0.387 e. The number of halogens is 2. The molecule has 5 nitrogen and oxygen atoms in total. The summed E-state index contributed by atoms with van der Waals surface area (Å²) in [5.41, 5.74) is 0.349. The van der Waals surface area contributed by atoms with Gasteiger partial charge in [-0.25, -0.2) is 0 Å². The first kappa shape index (κ1) is 20.8. The fraction of sp³-hybridized carbons (Fsp3) is 0.130. The van der Waals surface area contributed by atoms with Gasteiger partial charge in [0, 0.05) is 5.56 Å². The number of rotatable bonds is 7. The molecule has 3 aromatic carbocycles. The van der Waals surface area contributed by atoms with Gasteiger partial charge in [0.1, 0.15) is 23.1 Å². The molecule has 3 aromatic rings. The highest BCUT2D eigenvalue weighted by Crippen LogP contribution is 2.32. The molecule has 7 heteroatoms. The number of hydrogen-bond acceptors (Lipinski definition) is 4. The molecule has 30 heavy (non-hydrogen) atoms. The van der Waals surface area contributed by atoms with Crippen molar-refractivity contribution in [2.75, 3.05) is 11.9 Å². The second kappa shape index (κ2) is 9.52. The van der Waals surface area contributed by atoms with Crippen LogP contribution in [0.1, 0.15) is 12.5 Å². The summed E-state index contributed by atoms with van der Waals surface area (Å²) in [5, 5.41) is 13.5. The van der Waals surface area contributed by atoms with E-state index in [1.807, 2.05) is 13.0 Å². The molecule has 0 fully saturated rings. The van der Waals surface area contributed by atoms with E-state index in [2.05, 4.69) is 10.1 Å². The Morgan fingerprint density at radius 1 is 1.10 bits per heavy atom. The number of nitrogens with one attached hydrogen (secondary N) is 1. The molecule has 0 aromatic heterocycles. The summed E-state index contributed by atoms with van der Waals surface area (Å²) in [6, 6.07) is 18.7. The lowest BCUT2D eigenvalue weighted by molar-refractivity contribution is -0.112. The van der Waals surface area contributed by atoms with Crippen molar-refractivity contribution in [2.45, 2.75) is 13.5 Å². The average molecular weight is 408 g/mol. The number of carbonyl (C=O) groups excluding carboxylic acids is 1. The molecule has 0 bridgehead atoms. The molecule has 0 heterocycles. The van der Waals surface area contributed by atoms with Crippen molar-refractivity contribution >= 4 is 28.4 Å². The summed E-state index contributed by atoms with van der Waals surface area (Å²) in [5.74, 6) is -0.364. The van der Waals surface area contributed by atoms with E-state index in [0.29, 0.717) is 23.4 Å². The van der Waals surface area contributed by atoms with E-state index in [4.69, 9.17) is 4.74 Å². The molecule has 152 valence electrons. The summed E-state index contributed by atoms with van der Waals surface area (Å²) in [4.78, 5) is 12.7. The number of carbonyl (C=O) groups is 1. The first-order valence-electron chi connectivity index (χ1n) is 9.15. The predicted octanol–water partition coefficient (Wildman–Crippen LogP) is 5.39. The maximum Gasteiger partial charge on any atom is 0.387 e. The maximum atomic E-state index is 12.9. The van der Waals surface area contributed by atoms with Crippen molar-refractivity contribution in [2.24, 2.45) is 0 Å².